The van der Waals surface area contributed by atoms with Gasteiger partial charge in [0.25, 0.3) is 11.6 Å². The van der Waals surface area contributed by atoms with Gasteiger partial charge in [-0.1, -0.05) is 17.7 Å². The van der Waals surface area contributed by atoms with Crippen LogP contribution in [-0.4, -0.2) is 23.9 Å². The molecule has 0 spiro atoms. The van der Waals surface area contributed by atoms with Crippen LogP contribution in [0.3, 0.4) is 0 Å². The second-order valence-electron chi connectivity index (χ2n) is 3.29. The minimum absolute atomic E-state index is 0.0597. The molecule has 1 aromatic carbocycles. The summed E-state index contributed by atoms with van der Waals surface area (Å²) in [5.74, 6) is -0.559. The molecule has 1 rings (SSSR count). The van der Waals surface area contributed by atoms with Gasteiger partial charge in [-0.2, -0.15) is 0 Å². The number of rotatable bonds is 5. The molecule has 0 bridgehead atoms. The zero-order valence-corrected chi connectivity index (χ0v) is 9.74. The highest BCUT2D eigenvalue weighted by Gasteiger charge is 2.22. The van der Waals surface area contributed by atoms with Crippen LogP contribution in [0.4, 0.5) is 5.69 Å². The van der Waals surface area contributed by atoms with Crippen molar-refractivity contribution in [3.8, 4) is 0 Å². The first-order valence-corrected chi connectivity index (χ1v) is 5.37. The van der Waals surface area contributed by atoms with E-state index in [1.54, 1.807) is 0 Å². The Bertz CT molecular complexity index is 437. The first-order chi connectivity index (χ1) is 8.07. The maximum atomic E-state index is 11.7. The molecule has 0 saturated heterocycles. The minimum atomic E-state index is -0.635. The highest BCUT2D eigenvalue weighted by Crippen LogP contribution is 2.25. The van der Waals surface area contributed by atoms with Crippen LogP contribution in [0.5, 0.6) is 0 Å². The summed E-state index contributed by atoms with van der Waals surface area (Å²) in [7, 11) is 0. The van der Waals surface area contributed by atoms with Crippen molar-refractivity contribution in [3.63, 3.8) is 0 Å². The standard InChI is InChI=1S/C10H12ClN3O3/c11-7-3-1-4-8(14(16)17)9(7)10(15)13-6-2-5-12/h1,3-4H,2,5-6,12H2,(H,13,15). The number of halogens is 1. The molecule has 1 amide bonds. The first kappa shape index (κ1) is 13.4. The Hall–Kier alpha value is -1.66. The molecule has 0 aromatic heterocycles. The molecule has 0 aliphatic heterocycles. The molecule has 0 aliphatic rings. The van der Waals surface area contributed by atoms with Gasteiger partial charge in [-0.15, -0.1) is 0 Å². The Balaban J connectivity index is 2.95. The zero-order chi connectivity index (χ0) is 12.8. The summed E-state index contributed by atoms with van der Waals surface area (Å²) in [4.78, 5) is 21.8. The fourth-order valence-corrected chi connectivity index (χ4v) is 1.54. The van der Waals surface area contributed by atoms with Gasteiger partial charge >= 0.3 is 0 Å². The first-order valence-electron chi connectivity index (χ1n) is 4.99. The van der Waals surface area contributed by atoms with Gasteiger partial charge in [0.1, 0.15) is 5.56 Å². The van der Waals surface area contributed by atoms with Crippen LogP contribution < -0.4 is 11.1 Å². The lowest BCUT2D eigenvalue weighted by atomic mass is 10.1. The number of carbonyl (C=O) groups is 1. The van der Waals surface area contributed by atoms with Crippen LogP contribution in [0.15, 0.2) is 18.2 Å². The van der Waals surface area contributed by atoms with Gasteiger partial charge in [0.05, 0.1) is 9.95 Å². The van der Waals surface area contributed by atoms with E-state index in [0.717, 1.165) is 0 Å². The summed E-state index contributed by atoms with van der Waals surface area (Å²) in [6.07, 6.45) is 0.601. The number of nitrogens with two attached hydrogens (primary N) is 1. The van der Waals surface area contributed by atoms with Crippen LogP contribution >= 0.6 is 11.6 Å². The summed E-state index contributed by atoms with van der Waals surface area (Å²) in [5.41, 5.74) is 4.86. The second kappa shape index (κ2) is 6.17. The van der Waals surface area contributed by atoms with Crippen LogP contribution in [0.1, 0.15) is 16.8 Å². The van der Waals surface area contributed by atoms with Crippen molar-refractivity contribution in [2.75, 3.05) is 13.1 Å². The van der Waals surface area contributed by atoms with Crippen molar-refractivity contribution in [2.24, 2.45) is 5.73 Å². The average molecular weight is 258 g/mol. The molecular weight excluding hydrogens is 246 g/mol. The van der Waals surface area contributed by atoms with E-state index < -0.39 is 10.8 Å². The van der Waals surface area contributed by atoms with Crippen LogP contribution in [0.2, 0.25) is 5.02 Å². The predicted molar refractivity (Wildman–Crippen MR) is 64.1 cm³/mol. The molecule has 0 saturated carbocycles. The molecule has 0 atom stereocenters. The molecule has 0 aliphatic carbocycles. The fourth-order valence-electron chi connectivity index (χ4n) is 1.28. The van der Waals surface area contributed by atoms with Crippen molar-refractivity contribution in [2.45, 2.75) is 6.42 Å². The highest BCUT2D eigenvalue weighted by molar-refractivity contribution is 6.34. The Labute approximate surface area is 103 Å². The molecule has 3 N–H and O–H groups in total. The molecule has 0 heterocycles. The van der Waals surface area contributed by atoms with E-state index in [1.165, 1.54) is 18.2 Å². The largest absolute Gasteiger partial charge is 0.352 e. The van der Waals surface area contributed by atoms with Gasteiger partial charge in [0.15, 0.2) is 0 Å². The van der Waals surface area contributed by atoms with Gasteiger partial charge in [-0.25, -0.2) is 0 Å². The van der Waals surface area contributed by atoms with E-state index >= 15 is 0 Å². The zero-order valence-electron chi connectivity index (χ0n) is 8.98. The number of hydrogen-bond donors (Lipinski definition) is 2. The molecule has 0 radical (unpaired) electrons. The van der Waals surface area contributed by atoms with E-state index in [0.29, 0.717) is 19.5 Å². The summed E-state index contributed by atoms with van der Waals surface area (Å²) in [5, 5.41) is 13.3. The number of carbonyl (C=O) groups excluding carboxylic acids is 1. The summed E-state index contributed by atoms with van der Waals surface area (Å²) < 4.78 is 0. The number of benzene rings is 1. The lowest BCUT2D eigenvalue weighted by Gasteiger charge is -2.06. The van der Waals surface area contributed by atoms with Gasteiger partial charge in [0.2, 0.25) is 0 Å². The van der Waals surface area contributed by atoms with Crippen molar-refractivity contribution in [1.29, 1.82) is 0 Å². The number of hydrogen-bond acceptors (Lipinski definition) is 4. The van der Waals surface area contributed by atoms with E-state index in [1.807, 2.05) is 0 Å². The average Bonchev–Trinajstić information content (AvgIpc) is 2.28. The SMILES string of the molecule is NCCCNC(=O)c1c(Cl)cccc1[N+](=O)[O-]. The summed E-state index contributed by atoms with van der Waals surface area (Å²) >= 11 is 5.79. The molecule has 6 nitrogen and oxygen atoms in total. The molecule has 0 fully saturated rings. The third-order valence-corrected chi connectivity index (χ3v) is 2.40. The maximum absolute atomic E-state index is 11.7. The van der Waals surface area contributed by atoms with Gasteiger partial charge in [-0.3, -0.25) is 14.9 Å². The lowest BCUT2D eigenvalue weighted by Crippen LogP contribution is -2.26. The molecule has 1 aromatic rings. The Morgan fingerprint density at radius 1 is 1.53 bits per heavy atom. The Morgan fingerprint density at radius 2 is 2.24 bits per heavy atom. The van der Waals surface area contributed by atoms with Crippen molar-refractivity contribution in [3.05, 3.63) is 38.9 Å². The Morgan fingerprint density at radius 3 is 2.82 bits per heavy atom. The van der Waals surface area contributed by atoms with E-state index in [4.69, 9.17) is 17.3 Å². The van der Waals surface area contributed by atoms with Crippen LogP contribution in [0.25, 0.3) is 0 Å². The molecule has 92 valence electrons. The quantitative estimate of drug-likeness (QED) is 0.472. The lowest BCUT2D eigenvalue weighted by molar-refractivity contribution is -0.385. The maximum Gasteiger partial charge on any atom is 0.283 e. The fraction of sp³-hybridized carbons (Fsp3) is 0.300. The highest BCUT2D eigenvalue weighted by atomic mass is 35.5. The monoisotopic (exact) mass is 257 g/mol. The number of nitro groups is 1. The molecule has 0 unspecified atom stereocenters. The predicted octanol–water partition coefficient (Wildman–Crippen LogP) is 1.33. The van der Waals surface area contributed by atoms with E-state index in [2.05, 4.69) is 5.32 Å². The minimum Gasteiger partial charge on any atom is -0.352 e. The summed E-state index contributed by atoms with van der Waals surface area (Å²) in [6.45, 7) is 0.794. The third kappa shape index (κ3) is 3.40. The third-order valence-electron chi connectivity index (χ3n) is 2.08. The van der Waals surface area contributed by atoms with Crippen molar-refractivity contribution < 1.29 is 9.72 Å². The van der Waals surface area contributed by atoms with Crippen molar-refractivity contribution >= 4 is 23.2 Å². The normalized spacial score (nSPS) is 10.0. The van der Waals surface area contributed by atoms with Crippen LogP contribution in [-0.2, 0) is 0 Å². The number of nitrogens with one attached hydrogen (secondary N) is 1. The molecule has 7 heteroatoms. The number of amides is 1. The Kier molecular flexibility index (Phi) is 4.86. The van der Waals surface area contributed by atoms with Gasteiger partial charge in [-0.05, 0) is 19.0 Å². The summed E-state index contributed by atoms with van der Waals surface area (Å²) in [6, 6.07) is 4.10. The smallest absolute Gasteiger partial charge is 0.283 e. The number of nitrogens with zero attached hydrogens (tertiary/aromatic N) is 1. The number of nitro benzene ring substituents is 1. The molecule has 17 heavy (non-hydrogen) atoms. The topological polar surface area (TPSA) is 98.3 Å². The van der Waals surface area contributed by atoms with Crippen LogP contribution in [0, 0.1) is 10.1 Å². The van der Waals surface area contributed by atoms with E-state index in [-0.39, 0.29) is 16.3 Å². The second-order valence-corrected chi connectivity index (χ2v) is 3.70. The van der Waals surface area contributed by atoms with E-state index in [9.17, 15) is 14.9 Å². The molecular formula is C10H12ClN3O3. The van der Waals surface area contributed by atoms with Gasteiger partial charge in [0, 0.05) is 12.6 Å². The van der Waals surface area contributed by atoms with Gasteiger partial charge < -0.3 is 11.1 Å². The van der Waals surface area contributed by atoms with Crippen molar-refractivity contribution in [1.82, 2.24) is 5.32 Å².